The van der Waals surface area contributed by atoms with Crippen LogP contribution < -0.4 is 0 Å². The van der Waals surface area contributed by atoms with E-state index in [1.165, 1.54) is 12.3 Å². The highest BCUT2D eigenvalue weighted by atomic mass is 32.8. The maximum Gasteiger partial charge on any atom is 0.0344 e. The summed E-state index contributed by atoms with van der Waals surface area (Å²) in [5.41, 5.74) is 6.45. The van der Waals surface area contributed by atoms with Crippen molar-refractivity contribution in [1.29, 1.82) is 0 Å². The Bertz CT molecular complexity index is 335. The fourth-order valence-corrected chi connectivity index (χ4v) is 13.2. The number of allylic oxidation sites excluding steroid dienone is 2. The van der Waals surface area contributed by atoms with Gasteiger partial charge in [-0.25, -0.2) is 9.65 Å². The number of hydrogen-bond acceptors (Lipinski definition) is 0. The monoisotopic (exact) mass is 272 g/mol. The molecular weight excluding hydrogens is 243 g/mol. The molecule has 2 heteroatoms. The quantitative estimate of drug-likeness (QED) is 0.589. The normalized spacial score (nSPS) is 19.8. The lowest BCUT2D eigenvalue weighted by Gasteiger charge is -2.46. The van der Waals surface area contributed by atoms with Crippen LogP contribution in [0.1, 0.15) is 41.5 Å². The molecule has 0 aromatic heterocycles. The molecule has 0 bridgehead atoms. The Morgan fingerprint density at radius 1 is 0.882 bits per heavy atom. The average molecular weight is 272 g/mol. The molecule has 0 N–H and O–H groups in total. The van der Waals surface area contributed by atoms with Crippen molar-refractivity contribution in [1.82, 2.24) is 0 Å². The molecule has 0 fully saturated rings. The molecule has 0 saturated heterocycles. The van der Waals surface area contributed by atoms with Crippen LogP contribution >= 0.6 is 16.8 Å². The second-order valence-corrected chi connectivity index (χ2v) is 15.2. The van der Waals surface area contributed by atoms with Crippen molar-refractivity contribution in [2.24, 2.45) is 0 Å². The minimum atomic E-state index is -0.516. The predicted molar refractivity (Wildman–Crippen MR) is 88.0 cm³/mol. The summed E-state index contributed by atoms with van der Waals surface area (Å²) in [5.74, 6) is 0. The Balaban J connectivity index is 3.17. The lowest BCUT2D eigenvalue weighted by Crippen LogP contribution is -2.17. The van der Waals surface area contributed by atoms with Crippen LogP contribution in [0.25, 0.3) is 0 Å². The molecule has 0 aromatic carbocycles. The molecule has 100 valence electrons. The van der Waals surface area contributed by atoms with Gasteiger partial charge in [0.05, 0.1) is 0 Å². The van der Waals surface area contributed by atoms with E-state index in [0.717, 1.165) is 5.25 Å². The van der Waals surface area contributed by atoms with Gasteiger partial charge in [0.15, 0.2) is 0 Å². The molecule has 0 aliphatic heterocycles. The van der Waals surface area contributed by atoms with E-state index in [1.54, 1.807) is 22.3 Å². The molecule has 0 aromatic rings. The molecule has 17 heavy (non-hydrogen) atoms. The average Bonchev–Trinajstić information content (AvgIpc) is 2.45. The molecule has 0 unspecified atom stereocenters. The molecule has 1 rings (SSSR count). The van der Waals surface area contributed by atoms with Gasteiger partial charge in [-0.15, -0.1) is 0 Å². The molecule has 1 aliphatic rings. The lowest BCUT2D eigenvalue weighted by molar-refractivity contribution is 1.14. The minimum absolute atomic E-state index is 0.213. The van der Waals surface area contributed by atoms with Gasteiger partial charge in [0.1, 0.15) is 0 Å². The third-order valence-corrected chi connectivity index (χ3v) is 15.3. The highest BCUT2D eigenvalue weighted by molar-refractivity contribution is 8.77. The summed E-state index contributed by atoms with van der Waals surface area (Å²) < 4.78 is 0. The molecule has 0 nitrogen and oxygen atoms in total. The van der Waals surface area contributed by atoms with Crippen molar-refractivity contribution >= 4 is 16.8 Å². The van der Waals surface area contributed by atoms with Gasteiger partial charge in [-0.1, -0.05) is 32.1 Å². The molecule has 0 saturated carbocycles. The van der Waals surface area contributed by atoms with E-state index in [4.69, 9.17) is 0 Å². The fourth-order valence-electron chi connectivity index (χ4n) is 3.21. The van der Waals surface area contributed by atoms with Crippen LogP contribution in [0.2, 0.25) is 0 Å². The Hall–Kier alpha value is 0.260. The lowest BCUT2D eigenvalue weighted by atomic mass is 10.1. The third-order valence-electron chi connectivity index (χ3n) is 4.48. The standard InChI is InChI=1S/C15H29PS/c1-9-16(10-2)17(7,8)15-13(5)11(3)12(4)14(15)6/h15H,9-10H2,1-8H3. The van der Waals surface area contributed by atoms with Crippen molar-refractivity contribution in [2.75, 3.05) is 24.8 Å². The van der Waals surface area contributed by atoms with Gasteiger partial charge in [-0.3, -0.25) is 0 Å². The summed E-state index contributed by atoms with van der Waals surface area (Å²) in [4.78, 5) is 0. The SMILES string of the molecule is CCP(CC)S(C)(C)C1C(C)=C(C)C(C)=C1C. The summed E-state index contributed by atoms with van der Waals surface area (Å²) >= 11 is 0. The van der Waals surface area contributed by atoms with Crippen molar-refractivity contribution < 1.29 is 0 Å². The van der Waals surface area contributed by atoms with Crippen molar-refractivity contribution in [3.63, 3.8) is 0 Å². The first-order chi connectivity index (χ1) is 7.78. The molecule has 0 atom stereocenters. The second-order valence-electron chi connectivity index (χ2n) is 5.46. The fraction of sp³-hybridized carbons (Fsp3) is 0.733. The molecule has 0 radical (unpaired) electrons. The molecular formula is C15H29PS. The first-order valence-corrected chi connectivity index (χ1v) is 11.4. The van der Waals surface area contributed by atoms with Crippen LogP contribution in [0.15, 0.2) is 22.3 Å². The van der Waals surface area contributed by atoms with E-state index < -0.39 is 9.65 Å². The zero-order valence-electron chi connectivity index (χ0n) is 12.8. The van der Waals surface area contributed by atoms with Gasteiger partial charge in [-0.05, 0) is 63.7 Å². The highest BCUT2D eigenvalue weighted by Crippen LogP contribution is 2.76. The Labute approximate surface area is 111 Å². The van der Waals surface area contributed by atoms with Crippen LogP contribution in [0.3, 0.4) is 0 Å². The highest BCUT2D eigenvalue weighted by Gasteiger charge is 2.37. The van der Waals surface area contributed by atoms with Crippen LogP contribution in [0, 0.1) is 0 Å². The van der Waals surface area contributed by atoms with E-state index in [9.17, 15) is 0 Å². The van der Waals surface area contributed by atoms with E-state index >= 15 is 0 Å². The molecule has 0 amide bonds. The first kappa shape index (κ1) is 15.3. The first-order valence-electron chi connectivity index (χ1n) is 6.61. The van der Waals surface area contributed by atoms with Crippen molar-refractivity contribution in [2.45, 2.75) is 46.8 Å². The number of hydrogen-bond donors (Lipinski definition) is 0. The van der Waals surface area contributed by atoms with Gasteiger partial charge in [0, 0.05) is 5.25 Å². The number of rotatable bonds is 4. The molecule has 0 spiro atoms. The third kappa shape index (κ3) is 2.51. The van der Waals surface area contributed by atoms with E-state index in [0.29, 0.717) is 0 Å². The van der Waals surface area contributed by atoms with Crippen LogP contribution in [-0.2, 0) is 0 Å². The van der Waals surface area contributed by atoms with E-state index in [1.807, 2.05) is 0 Å². The second kappa shape index (κ2) is 5.49. The van der Waals surface area contributed by atoms with Gasteiger partial charge in [0.25, 0.3) is 0 Å². The van der Waals surface area contributed by atoms with Crippen molar-refractivity contribution in [3.05, 3.63) is 22.3 Å². The maximum absolute atomic E-state index is 2.58. The Kier molecular flexibility index (Phi) is 4.95. The predicted octanol–water partition coefficient (Wildman–Crippen LogP) is 5.54. The molecule has 0 heterocycles. The smallest absolute Gasteiger partial charge is 0.0344 e. The van der Waals surface area contributed by atoms with Gasteiger partial charge in [-0.2, -0.15) is 0 Å². The summed E-state index contributed by atoms with van der Waals surface area (Å²) in [5, 5.41) is 0.772. The summed E-state index contributed by atoms with van der Waals surface area (Å²) in [6, 6.07) is 0. The Morgan fingerprint density at radius 3 is 1.53 bits per heavy atom. The van der Waals surface area contributed by atoms with Crippen LogP contribution in [0.4, 0.5) is 0 Å². The summed E-state index contributed by atoms with van der Waals surface area (Å²) in [6.45, 7) is 14.1. The van der Waals surface area contributed by atoms with Crippen molar-refractivity contribution in [3.8, 4) is 0 Å². The largest absolute Gasteiger partial charge is 0.216 e. The topological polar surface area (TPSA) is 0 Å². The minimum Gasteiger partial charge on any atom is -0.216 e. The van der Waals surface area contributed by atoms with Crippen LogP contribution in [-0.4, -0.2) is 30.1 Å². The van der Waals surface area contributed by atoms with Crippen LogP contribution in [0.5, 0.6) is 0 Å². The zero-order valence-corrected chi connectivity index (χ0v) is 14.6. The summed E-state index contributed by atoms with van der Waals surface area (Å²) in [6.07, 6.45) is 7.94. The summed E-state index contributed by atoms with van der Waals surface area (Å²) in [7, 11) is -0.303. The Morgan fingerprint density at radius 2 is 1.24 bits per heavy atom. The van der Waals surface area contributed by atoms with Gasteiger partial charge < -0.3 is 0 Å². The molecule has 1 aliphatic carbocycles. The maximum atomic E-state index is 2.58. The van der Waals surface area contributed by atoms with E-state index in [2.05, 4.69) is 54.1 Å². The van der Waals surface area contributed by atoms with E-state index in [-0.39, 0.29) is 7.12 Å². The van der Waals surface area contributed by atoms with Gasteiger partial charge >= 0.3 is 0 Å². The van der Waals surface area contributed by atoms with Gasteiger partial charge in [0.2, 0.25) is 0 Å². The zero-order chi connectivity index (χ0) is 13.4.